The molecule has 1 saturated heterocycles. The number of rotatable bonds is 35. The molecule has 1 aliphatic rings. The van der Waals surface area contributed by atoms with Gasteiger partial charge >= 0.3 is 7.82 Å². The largest absolute Gasteiger partial charge is 0.469 e. The second kappa shape index (κ2) is 29.9. The van der Waals surface area contributed by atoms with Gasteiger partial charge in [0.25, 0.3) is 0 Å². The Morgan fingerprint density at radius 3 is 1.57 bits per heavy atom. The first-order valence-corrected chi connectivity index (χ1v) is 21.7. The minimum Gasteiger partial charge on any atom is -0.394 e. The summed E-state index contributed by atoms with van der Waals surface area (Å²) < 4.78 is 50.9. The van der Waals surface area contributed by atoms with Gasteiger partial charge in [0, 0.05) is 26.4 Å². The Balaban J connectivity index is 2.40. The number of phosphoric acid groups is 1. The molecule has 0 aromatic heterocycles. The molecule has 1 aliphatic heterocycles. The van der Waals surface area contributed by atoms with E-state index in [0.29, 0.717) is 50.1 Å². The fourth-order valence-electron chi connectivity index (χ4n) is 6.00. The summed E-state index contributed by atoms with van der Waals surface area (Å²) in [5.41, 5.74) is 0. The summed E-state index contributed by atoms with van der Waals surface area (Å²) in [6, 6.07) is 0. The summed E-state index contributed by atoms with van der Waals surface area (Å²) in [5, 5.41) is 39.7. The minimum absolute atomic E-state index is 0.0523. The molecule has 0 saturated carbocycles. The van der Waals surface area contributed by atoms with Gasteiger partial charge in [0.05, 0.1) is 33.0 Å². The number of aliphatic hydroxyl groups is 4. The molecule has 0 bridgehead atoms. The fraction of sp³-hybridized carbons (Fsp3) is 1.00. The number of hydrogen-bond donors (Lipinski definition) is 6. The first-order valence-electron chi connectivity index (χ1n) is 20.1. The average molecular weight is 789 g/mol. The van der Waals surface area contributed by atoms with E-state index in [4.69, 9.17) is 42.7 Å². The molecule has 1 fully saturated rings. The van der Waals surface area contributed by atoms with Crippen molar-refractivity contribution in [1.29, 1.82) is 0 Å². The Labute approximate surface area is 319 Å². The van der Waals surface area contributed by atoms with E-state index in [0.717, 1.165) is 51.4 Å². The molecule has 318 valence electrons. The number of unbranched alkanes of at least 4 members (excludes halogenated alkanes) is 3. The lowest BCUT2D eigenvalue weighted by molar-refractivity contribution is -0.198. The van der Waals surface area contributed by atoms with Gasteiger partial charge in [-0.1, -0.05) is 92.9 Å². The number of hydrogen-bond acceptors (Lipinski definition) is 12. The minimum atomic E-state index is -4.61. The molecule has 0 aromatic rings. The lowest BCUT2D eigenvalue weighted by atomic mass is 9.98. The number of phosphoric ester groups is 1. The van der Waals surface area contributed by atoms with Crippen molar-refractivity contribution in [1.82, 2.24) is 0 Å². The van der Waals surface area contributed by atoms with Crippen molar-refractivity contribution in [2.45, 2.75) is 162 Å². The van der Waals surface area contributed by atoms with Crippen LogP contribution in [0.3, 0.4) is 0 Å². The van der Waals surface area contributed by atoms with E-state index in [2.05, 4.69) is 41.5 Å². The molecule has 14 nitrogen and oxygen atoms in total. The van der Waals surface area contributed by atoms with Crippen LogP contribution in [0.1, 0.15) is 119 Å². The highest BCUT2D eigenvalue weighted by Crippen LogP contribution is 2.36. The highest BCUT2D eigenvalue weighted by atomic mass is 31.2. The van der Waals surface area contributed by atoms with Gasteiger partial charge in [0.15, 0.2) is 6.29 Å². The van der Waals surface area contributed by atoms with Gasteiger partial charge in [0.1, 0.15) is 36.6 Å². The SMILES string of the molecule is CC(C)CCC[C@@H](C)CCO[C@@H](COCCCCCCOC[C@@H](COP(=O)(O)O)OCC[C@H](C)CCCC(C)C)CO[C@@H]1O[C@@H]([C@H](O)CO)[C@H](O)[C@H]1O. The molecule has 15 heteroatoms. The Morgan fingerprint density at radius 2 is 1.11 bits per heavy atom. The third-order valence-corrected chi connectivity index (χ3v) is 10.0. The molecule has 0 amide bonds. The van der Waals surface area contributed by atoms with Crippen LogP contribution in [0.4, 0.5) is 0 Å². The summed E-state index contributed by atoms with van der Waals surface area (Å²) in [6.07, 6.45) is 4.82. The van der Waals surface area contributed by atoms with Crippen molar-refractivity contribution in [2.24, 2.45) is 23.7 Å². The van der Waals surface area contributed by atoms with Crippen LogP contribution in [0.25, 0.3) is 0 Å². The predicted molar refractivity (Wildman–Crippen MR) is 202 cm³/mol. The van der Waals surface area contributed by atoms with Crippen molar-refractivity contribution >= 4 is 7.82 Å². The molecule has 0 spiro atoms. The maximum absolute atomic E-state index is 11.2. The lowest BCUT2D eigenvalue weighted by Crippen LogP contribution is -2.40. The van der Waals surface area contributed by atoms with E-state index in [9.17, 15) is 25.0 Å². The summed E-state index contributed by atoms with van der Waals surface area (Å²) in [4.78, 5) is 18.3. The first kappa shape index (κ1) is 50.7. The normalized spacial score (nSPS) is 22.5. The highest BCUT2D eigenvalue weighted by Gasteiger charge is 2.46. The molecule has 0 aliphatic carbocycles. The zero-order valence-corrected chi connectivity index (χ0v) is 34.5. The van der Waals surface area contributed by atoms with Crippen molar-refractivity contribution in [3.05, 3.63) is 0 Å². The zero-order chi connectivity index (χ0) is 39.6. The summed E-state index contributed by atoms with van der Waals surface area (Å²) in [7, 11) is -4.61. The lowest BCUT2D eigenvalue weighted by Gasteiger charge is -2.23. The van der Waals surface area contributed by atoms with E-state index in [1.807, 2.05) is 0 Å². The molecule has 9 atom stereocenters. The van der Waals surface area contributed by atoms with Gasteiger partial charge in [-0.3, -0.25) is 4.52 Å². The van der Waals surface area contributed by atoms with Gasteiger partial charge in [-0.05, 0) is 49.4 Å². The van der Waals surface area contributed by atoms with Crippen LogP contribution in [0.5, 0.6) is 0 Å². The van der Waals surface area contributed by atoms with E-state index >= 15 is 0 Å². The number of ether oxygens (including phenoxy) is 6. The first-order chi connectivity index (χ1) is 25.1. The van der Waals surface area contributed by atoms with Crippen LogP contribution >= 0.6 is 7.82 Å². The van der Waals surface area contributed by atoms with E-state index in [-0.39, 0.29) is 26.4 Å². The molecular formula is C38H77O14P. The van der Waals surface area contributed by atoms with E-state index in [1.54, 1.807) is 0 Å². The second-order valence-corrected chi connectivity index (χ2v) is 17.0. The highest BCUT2D eigenvalue weighted by molar-refractivity contribution is 7.46. The van der Waals surface area contributed by atoms with Gasteiger partial charge in [0.2, 0.25) is 0 Å². The molecule has 1 rings (SSSR count). The van der Waals surface area contributed by atoms with Crippen LogP contribution < -0.4 is 0 Å². The molecule has 53 heavy (non-hydrogen) atoms. The molecule has 0 radical (unpaired) electrons. The zero-order valence-electron chi connectivity index (χ0n) is 33.6. The van der Waals surface area contributed by atoms with Gasteiger partial charge < -0.3 is 58.6 Å². The standard InChI is InChI=1S/C38H77O14P/c1-28(2)13-11-15-30(5)17-21-48-32(26-50-38-36(42)35(41)37(52-38)34(40)23-39)24-46-19-9-7-8-10-20-47-25-33(27-51-53(43,44)45)49-22-18-31(6)16-12-14-29(3)4/h28-42H,7-27H2,1-6H3,(H2,43,44,45)/t30-,31-,32+,33+,34-,35-,36-,37+,38-/m1/s1. The van der Waals surface area contributed by atoms with Crippen LogP contribution in [0.2, 0.25) is 0 Å². The van der Waals surface area contributed by atoms with E-state index in [1.165, 1.54) is 25.7 Å². The fourth-order valence-corrected chi connectivity index (χ4v) is 6.36. The van der Waals surface area contributed by atoms with Crippen molar-refractivity contribution in [2.75, 3.05) is 59.5 Å². The third kappa shape index (κ3) is 26.3. The Hall–Kier alpha value is -0.290. The predicted octanol–water partition coefficient (Wildman–Crippen LogP) is 4.98. The Kier molecular flexibility index (Phi) is 28.6. The van der Waals surface area contributed by atoms with Gasteiger partial charge in [-0.25, -0.2) is 4.57 Å². The van der Waals surface area contributed by atoms with Crippen LogP contribution in [-0.2, 0) is 37.5 Å². The maximum Gasteiger partial charge on any atom is 0.469 e. The third-order valence-electron chi connectivity index (χ3n) is 9.52. The average Bonchev–Trinajstić information content (AvgIpc) is 3.37. The Bertz CT molecular complexity index is 908. The summed E-state index contributed by atoms with van der Waals surface area (Å²) in [6.45, 7) is 15.0. The molecule has 0 unspecified atom stereocenters. The molecule has 6 N–H and O–H groups in total. The van der Waals surface area contributed by atoms with Crippen LogP contribution in [-0.4, -0.2) is 133 Å². The van der Waals surface area contributed by atoms with Crippen LogP contribution in [0, 0.1) is 23.7 Å². The number of aliphatic hydroxyl groups excluding tert-OH is 4. The summed E-state index contributed by atoms with van der Waals surface area (Å²) >= 11 is 0. The second-order valence-electron chi connectivity index (χ2n) is 15.8. The maximum atomic E-state index is 11.2. The van der Waals surface area contributed by atoms with Gasteiger partial charge in [-0.15, -0.1) is 0 Å². The molecule has 1 heterocycles. The monoisotopic (exact) mass is 789 g/mol. The molecular weight excluding hydrogens is 711 g/mol. The van der Waals surface area contributed by atoms with Crippen molar-refractivity contribution in [3.8, 4) is 0 Å². The van der Waals surface area contributed by atoms with Gasteiger partial charge in [-0.2, -0.15) is 0 Å². The van der Waals surface area contributed by atoms with Crippen molar-refractivity contribution in [3.63, 3.8) is 0 Å². The van der Waals surface area contributed by atoms with Crippen molar-refractivity contribution < 1.29 is 67.7 Å². The van der Waals surface area contributed by atoms with Crippen LogP contribution in [0.15, 0.2) is 0 Å². The smallest absolute Gasteiger partial charge is 0.394 e. The molecule has 0 aromatic carbocycles. The summed E-state index contributed by atoms with van der Waals surface area (Å²) in [5.74, 6) is 2.39. The quantitative estimate of drug-likeness (QED) is 0.0371. The Morgan fingerprint density at radius 1 is 0.623 bits per heavy atom. The van der Waals surface area contributed by atoms with E-state index < -0.39 is 57.3 Å². The topological polar surface area (TPSA) is 203 Å².